The van der Waals surface area contributed by atoms with E-state index in [2.05, 4.69) is 5.43 Å². The van der Waals surface area contributed by atoms with Crippen LogP contribution in [-0.4, -0.2) is 64.8 Å². The fourth-order valence-electron chi connectivity index (χ4n) is 9.50. The summed E-state index contributed by atoms with van der Waals surface area (Å²) in [5, 5.41) is 35.9. The van der Waals surface area contributed by atoms with Gasteiger partial charge in [-0.1, -0.05) is 47.0 Å². The van der Waals surface area contributed by atoms with Gasteiger partial charge in [-0.05, 0) is 66.8 Å². The number of halogens is 2. The number of nitro groups is 2. The second-order valence-electron chi connectivity index (χ2n) is 14.9. The molecule has 1 saturated carbocycles. The number of benzene rings is 3. The third-order valence-corrected chi connectivity index (χ3v) is 12.4. The summed E-state index contributed by atoms with van der Waals surface area (Å²) in [5.41, 5.74) is 0.264. The summed E-state index contributed by atoms with van der Waals surface area (Å²) in [6.45, 7) is -0.485. The lowest BCUT2D eigenvalue weighted by atomic mass is 9.50. The maximum Gasteiger partial charge on any atom is 0.301 e. The number of methoxy groups -OCH3 is 1. The molecule has 2 aliphatic heterocycles. The number of fused-ring (bicyclic) bond motifs is 4. The average molecular weight is 846 g/mol. The van der Waals surface area contributed by atoms with Crippen LogP contribution in [0.2, 0.25) is 10.0 Å². The quantitative estimate of drug-likeness (QED) is 0.0792. The second-order valence-corrected chi connectivity index (χ2v) is 15.8. The normalized spacial score (nSPS) is 24.7. The lowest BCUT2D eigenvalue weighted by molar-refractivity contribution is -0.392. The van der Waals surface area contributed by atoms with Gasteiger partial charge in [0.25, 0.3) is 11.8 Å². The zero-order valence-corrected chi connectivity index (χ0v) is 33.0. The maximum atomic E-state index is 15.4. The number of carbonyl (C=O) groups excluding carboxylic acids is 4. The number of hydrogen-bond acceptors (Lipinski definition) is 13. The first-order valence-corrected chi connectivity index (χ1v) is 19.1. The van der Waals surface area contributed by atoms with E-state index >= 15 is 4.79 Å². The van der Waals surface area contributed by atoms with Crippen LogP contribution in [0.4, 0.5) is 28.4 Å². The monoisotopic (exact) mass is 844 g/mol. The molecule has 3 aromatic carbocycles. The molecular formula is C40H34Cl2N6O11. The van der Waals surface area contributed by atoms with Crippen molar-refractivity contribution in [1.29, 1.82) is 0 Å². The zero-order chi connectivity index (χ0) is 42.2. The Hall–Kier alpha value is -6.30. The van der Waals surface area contributed by atoms with Crippen molar-refractivity contribution in [2.24, 2.45) is 23.7 Å². The SMILES string of the molecule is COc1ccc([C@@]23C(=O)N(Nc4ccc(Cl)cc4Cl)C(=O)[C@@H]2C[C@@H]2C(=CC[C@@H]4C(=O)N(c5cc([N+](=O)[O-])c(N(C)C)c([N+](=O)[O-])c5)C(=O)[C@@H]42)[C@@H]3c2ccc(CO)o2)cc1. The van der Waals surface area contributed by atoms with E-state index in [1.54, 1.807) is 36.4 Å². The van der Waals surface area contributed by atoms with Gasteiger partial charge >= 0.3 is 11.4 Å². The van der Waals surface area contributed by atoms with Gasteiger partial charge in [0.15, 0.2) is 5.69 Å². The van der Waals surface area contributed by atoms with E-state index in [0.717, 1.165) is 22.0 Å². The van der Waals surface area contributed by atoms with Gasteiger partial charge in [-0.3, -0.25) is 44.8 Å². The van der Waals surface area contributed by atoms with Gasteiger partial charge in [0.1, 0.15) is 29.3 Å². The highest BCUT2D eigenvalue weighted by Gasteiger charge is 2.71. The van der Waals surface area contributed by atoms with Crippen LogP contribution >= 0.6 is 23.2 Å². The van der Waals surface area contributed by atoms with Crippen LogP contribution in [0.25, 0.3) is 0 Å². The fraction of sp³-hybridized carbons (Fsp3) is 0.300. The van der Waals surface area contributed by atoms with Crippen molar-refractivity contribution in [3.63, 3.8) is 0 Å². The molecule has 0 spiro atoms. The minimum absolute atomic E-state index is 0.0184. The molecule has 1 aromatic heterocycles. The minimum atomic E-state index is -1.73. The van der Waals surface area contributed by atoms with E-state index in [1.165, 1.54) is 50.4 Å². The van der Waals surface area contributed by atoms with Crippen LogP contribution in [0.1, 0.15) is 35.8 Å². The van der Waals surface area contributed by atoms with E-state index in [0.29, 0.717) is 21.9 Å². The Kier molecular flexibility index (Phi) is 9.72. The highest BCUT2D eigenvalue weighted by atomic mass is 35.5. The molecular weight excluding hydrogens is 811 g/mol. The number of hydrazine groups is 1. The minimum Gasteiger partial charge on any atom is -0.497 e. The number of rotatable bonds is 10. The summed E-state index contributed by atoms with van der Waals surface area (Å²) in [5.74, 6) is -7.32. The third kappa shape index (κ3) is 5.93. The Labute approximate surface area is 345 Å². The Morgan fingerprint density at radius 2 is 1.61 bits per heavy atom. The van der Waals surface area contributed by atoms with E-state index < -0.39 is 86.5 Å². The molecule has 2 aliphatic carbocycles. The van der Waals surface area contributed by atoms with E-state index in [1.807, 2.05) is 0 Å². The molecule has 19 heteroatoms. The number of hydrogen-bond donors (Lipinski definition) is 2. The largest absolute Gasteiger partial charge is 0.497 e. The van der Waals surface area contributed by atoms with E-state index in [-0.39, 0.29) is 46.4 Å². The van der Waals surface area contributed by atoms with E-state index in [4.69, 9.17) is 32.4 Å². The van der Waals surface area contributed by atoms with Crippen molar-refractivity contribution in [3.8, 4) is 5.75 Å². The number of imide groups is 2. The average Bonchev–Trinajstić information content (AvgIpc) is 3.85. The van der Waals surface area contributed by atoms with Crippen molar-refractivity contribution in [2.75, 3.05) is 36.4 Å². The summed E-state index contributed by atoms with van der Waals surface area (Å²) in [7, 11) is 4.27. The van der Waals surface area contributed by atoms with Crippen molar-refractivity contribution in [3.05, 3.63) is 126 Å². The molecule has 0 unspecified atom stereocenters. The standard InChI is InChI=1S/C40H34Cl2N6O11/c1-44(2)35-30(47(54)55)15-21(16-31(35)48(56)57)45-36(50)25-11-10-24-26(33(25)38(45)52)17-27-37(51)46(43-29-12-6-20(41)14-28(29)42)39(53)40(27,19-4-7-22(58-3)8-5-19)34(24)32-13-9-23(18-49)59-32/h4-10,12-16,25-27,33-34,43,49H,11,17-18H2,1-3H3/t25-,26+,27-,33-,34+,40+/m0/s1. The predicted molar refractivity (Wildman–Crippen MR) is 212 cm³/mol. The molecule has 3 heterocycles. The highest BCUT2D eigenvalue weighted by molar-refractivity contribution is 6.36. The summed E-state index contributed by atoms with van der Waals surface area (Å²) in [6, 6.07) is 16.2. The Morgan fingerprint density at radius 3 is 2.19 bits per heavy atom. The summed E-state index contributed by atoms with van der Waals surface area (Å²) < 4.78 is 11.6. The van der Waals surface area contributed by atoms with Crippen molar-refractivity contribution >= 4 is 75.3 Å². The number of amides is 4. The molecule has 0 radical (unpaired) electrons. The van der Waals surface area contributed by atoms with Gasteiger partial charge in [0, 0.05) is 31.3 Å². The van der Waals surface area contributed by atoms with Crippen LogP contribution < -0.4 is 20.0 Å². The highest BCUT2D eigenvalue weighted by Crippen LogP contribution is 2.64. The third-order valence-electron chi connectivity index (χ3n) is 11.9. The first-order chi connectivity index (χ1) is 28.1. The molecule has 59 heavy (non-hydrogen) atoms. The number of ether oxygens (including phenoxy) is 1. The summed E-state index contributed by atoms with van der Waals surface area (Å²) in [4.78, 5) is 84.1. The first-order valence-electron chi connectivity index (χ1n) is 18.3. The molecule has 0 bridgehead atoms. The van der Waals surface area contributed by atoms with Crippen molar-refractivity contribution in [2.45, 2.75) is 30.8 Å². The van der Waals surface area contributed by atoms with Crippen LogP contribution in [-0.2, 0) is 31.2 Å². The molecule has 304 valence electrons. The lowest BCUT2D eigenvalue weighted by Gasteiger charge is -2.49. The molecule has 8 rings (SSSR count). The molecule has 17 nitrogen and oxygen atoms in total. The van der Waals surface area contributed by atoms with Crippen LogP contribution in [0, 0.1) is 43.9 Å². The predicted octanol–water partition coefficient (Wildman–Crippen LogP) is 6.16. The molecule has 4 amide bonds. The second kappa shape index (κ2) is 14.5. The summed E-state index contributed by atoms with van der Waals surface area (Å²) in [6.07, 6.45) is 1.63. The van der Waals surface area contributed by atoms with Gasteiger partial charge in [-0.25, -0.2) is 4.90 Å². The number of nitro benzene ring substituents is 2. The number of anilines is 3. The zero-order valence-electron chi connectivity index (χ0n) is 31.5. The Morgan fingerprint density at radius 1 is 0.932 bits per heavy atom. The summed E-state index contributed by atoms with van der Waals surface area (Å²) >= 11 is 12.7. The number of furan rings is 1. The van der Waals surface area contributed by atoms with Gasteiger partial charge in [0.2, 0.25) is 11.8 Å². The van der Waals surface area contributed by atoms with Gasteiger partial charge < -0.3 is 19.2 Å². The number of nitrogens with zero attached hydrogens (tertiary/aromatic N) is 5. The molecule has 4 aliphatic rings. The van der Waals surface area contributed by atoms with Crippen molar-refractivity contribution in [1.82, 2.24) is 5.01 Å². The van der Waals surface area contributed by atoms with Crippen LogP contribution in [0.5, 0.6) is 5.75 Å². The number of nitrogens with one attached hydrogen (secondary N) is 1. The molecule has 4 aromatic rings. The van der Waals surface area contributed by atoms with Gasteiger partial charge in [-0.15, -0.1) is 0 Å². The molecule has 3 fully saturated rings. The van der Waals surface area contributed by atoms with Crippen LogP contribution in [0.3, 0.4) is 0 Å². The Bertz CT molecular complexity index is 2490. The van der Waals surface area contributed by atoms with Gasteiger partial charge in [0.05, 0.1) is 57.0 Å². The Balaban J connectivity index is 1.30. The smallest absolute Gasteiger partial charge is 0.301 e. The molecule has 6 atom stereocenters. The first kappa shape index (κ1) is 39.5. The van der Waals surface area contributed by atoms with Crippen molar-refractivity contribution < 1.29 is 43.3 Å². The number of carbonyl (C=O) groups is 4. The molecule has 2 N–H and O–H groups in total. The lowest BCUT2D eigenvalue weighted by Crippen LogP contribution is -2.53. The fourth-order valence-corrected chi connectivity index (χ4v) is 9.95. The van der Waals surface area contributed by atoms with E-state index in [9.17, 15) is 39.7 Å². The topological polar surface area (TPSA) is 219 Å². The van der Waals surface area contributed by atoms with Gasteiger partial charge in [-0.2, -0.15) is 5.01 Å². The number of aliphatic hydroxyl groups excluding tert-OH is 1. The number of allylic oxidation sites excluding steroid dienone is 2. The number of aliphatic hydroxyl groups is 1. The van der Waals surface area contributed by atoms with Crippen LogP contribution in [0.15, 0.2) is 82.8 Å². The molecule has 2 saturated heterocycles. The maximum absolute atomic E-state index is 15.4.